The molecule has 2 atom stereocenters. The van der Waals surface area contributed by atoms with Gasteiger partial charge in [0.2, 0.25) is 5.91 Å². The molecule has 0 aliphatic rings. The molecule has 0 spiro atoms. The minimum Gasteiger partial charge on any atom is -0.480 e. The number of aryl methyl sites for hydroxylation is 1. The van der Waals surface area contributed by atoms with Crippen molar-refractivity contribution in [3.8, 4) is 0 Å². The molecule has 4 N–H and O–H groups in total. The highest BCUT2D eigenvalue weighted by Crippen LogP contribution is 2.25. The summed E-state index contributed by atoms with van der Waals surface area (Å²) < 4.78 is 0. The zero-order valence-corrected chi connectivity index (χ0v) is 12.8. The summed E-state index contributed by atoms with van der Waals surface area (Å²) in [6.07, 6.45) is -1.19. The van der Waals surface area contributed by atoms with Gasteiger partial charge in [0.25, 0.3) is 5.69 Å². The summed E-state index contributed by atoms with van der Waals surface area (Å²) in [5.74, 6) is -1.93. The third-order valence-electron chi connectivity index (χ3n) is 2.97. The number of amides is 1. The molecule has 0 aliphatic heterocycles. The molecule has 1 aromatic carbocycles. The lowest BCUT2D eigenvalue weighted by molar-refractivity contribution is -0.384. The highest BCUT2D eigenvalue weighted by atomic mass is 16.6. The minimum atomic E-state index is -1.25. The second kappa shape index (κ2) is 8.20. The van der Waals surface area contributed by atoms with Crippen LogP contribution in [0.3, 0.4) is 0 Å². The maximum absolute atomic E-state index is 11.9. The number of aliphatic hydroxyl groups excluding tert-OH is 1. The van der Waals surface area contributed by atoms with Crippen LogP contribution in [-0.2, 0) is 9.59 Å². The monoisotopic (exact) mass is 325 g/mol. The number of hydrogen-bond acceptors (Lipinski definition) is 6. The molecule has 23 heavy (non-hydrogen) atoms. The van der Waals surface area contributed by atoms with Crippen LogP contribution in [0.1, 0.15) is 18.9 Å². The molecule has 0 saturated carbocycles. The molecule has 126 valence electrons. The van der Waals surface area contributed by atoms with Gasteiger partial charge in [0.05, 0.1) is 17.4 Å². The Hall–Kier alpha value is -2.52. The number of carbonyl (C=O) groups excluding carboxylic acids is 1. The first kappa shape index (κ1) is 18.5. The van der Waals surface area contributed by atoms with E-state index in [-0.39, 0.29) is 17.9 Å². The van der Waals surface area contributed by atoms with Crippen LogP contribution in [0, 0.1) is 17.0 Å². The second-order valence-electron chi connectivity index (χ2n) is 5.18. The average molecular weight is 325 g/mol. The fourth-order valence-corrected chi connectivity index (χ4v) is 1.84. The number of nitro groups is 1. The summed E-state index contributed by atoms with van der Waals surface area (Å²) in [5, 5.41) is 34.1. The Morgan fingerprint density at radius 2 is 2.04 bits per heavy atom. The largest absolute Gasteiger partial charge is 0.480 e. The Morgan fingerprint density at radius 1 is 1.39 bits per heavy atom. The number of carbonyl (C=O) groups is 2. The molecule has 1 rings (SSSR count). The van der Waals surface area contributed by atoms with E-state index in [4.69, 9.17) is 10.2 Å². The van der Waals surface area contributed by atoms with E-state index in [2.05, 4.69) is 10.6 Å². The lowest BCUT2D eigenvalue weighted by Crippen LogP contribution is -2.42. The Morgan fingerprint density at radius 3 is 2.57 bits per heavy atom. The van der Waals surface area contributed by atoms with Gasteiger partial charge in [-0.1, -0.05) is 6.07 Å². The molecular weight excluding hydrogens is 306 g/mol. The molecule has 9 nitrogen and oxygen atoms in total. The first-order chi connectivity index (χ1) is 10.7. The summed E-state index contributed by atoms with van der Waals surface area (Å²) in [6.45, 7) is 3.16. The van der Waals surface area contributed by atoms with Gasteiger partial charge in [-0.25, -0.2) is 0 Å². The number of carboxylic acid groups (broad SMARTS) is 1. The van der Waals surface area contributed by atoms with Crippen molar-refractivity contribution in [3.05, 3.63) is 33.9 Å². The van der Waals surface area contributed by atoms with Crippen molar-refractivity contribution in [3.63, 3.8) is 0 Å². The van der Waals surface area contributed by atoms with Crippen LogP contribution in [0.25, 0.3) is 0 Å². The number of rotatable bonds is 8. The van der Waals surface area contributed by atoms with Gasteiger partial charge in [-0.2, -0.15) is 0 Å². The zero-order chi connectivity index (χ0) is 17.6. The van der Waals surface area contributed by atoms with Crippen molar-refractivity contribution in [2.75, 3.05) is 11.9 Å². The number of nitrogens with zero attached hydrogens (tertiary/aromatic N) is 1. The van der Waals surface area contributed by atoms with Gasteiger partial charge in [-0.3, -0.25) is 19.7 Å². The Bertz CT molecular complexity index is 602. The number of anilines is 1. The van der Waals surface area contributed by atoms with E-state index >= 15 is 0 Å². The molecule has 1 aromatic rings. The molecule has 0 fully saturated rings. The first-order valence-electron chi connectivity index (χ1n) is 6.90. The lowest BCUT2D eigenvalue weighted by atomic mass is 10.1. The number of aliphatic carboxylic acids is 1. The van der Waals surface area contributed by atoms with Gasteiger partial charge < -0.3 is 20.8 Å². The van der Waals surface area contributed by atoms with Crippen LogP contribution in [0.2, 0.25) is 0 Å². The molecule has 0 radical (unpaired) electrons. The van der Waals surface area contributed by atoms with Crippen LogP contribution in [0.15, 0.2) is 18.2 Å². The van der Waals surface area contributed by atoms with Gasteiger partial charge in [0.15, 0.2) is 0 Å². The van der Waals surface area contributed by atoms with Crippen molar-refractivity contribution < 1.29 is 24.7 Å². The van der Waals surface area contributed by atoms with Crippen molar-refractivity contribution in [1.82, 2.24) is 5.32 Å². The topological polar surface area (TPSA) is 142 Å². The summed E-state index contributed by atoms with van der Waals surface area (Å²) in [4.78, 5) is 33.4. The van der Waals surface area contributed by atoms with Gasteiger partial charge in [0, 0.05) is 12.6 Å². The summed E-state index contributed by atoms with van der Waals surface area (Å²) in [6, 6.07) is 3.11. The van der Waals surface area contributed by atoms with E-state index in [9.17, 15) is 19.7 Å². The van der Waals surface area contributed by atoms with E-state index in [1.54, 1.807) is 13.0 Å². The van der Waals surface area contributed by atoms with Crippen molar-refractivity contribution in [1.29, 1.82) is 0 Å². The number of benzene rings is 1. The van der Waals surface area contributed by atoms with E-state index in [1.165, 1.54) is 19.1 Å². The van der Waals surface area contributed by atoms with Gasteiger partial charge in [0.1, 0.15) is 11.7 Å². The molecule has 0 aromatic heterocycles. The summed E-state index contributed by atoms with van der Waals surface area (Å²) >= 11 is 0. The van der Waals surface area contributed by atoms with Crippen molar-refractivity contribution in [2.45, 2.75) is 32.4 Å². The summed E-state index contributed by atoms with van der Waals surface area (Å²) in [5.41, 5.74) is 0.407. The number of hydrogen-bond donors (Lipinski definition) is 4. The molecule has 2 unspecified atom stereocenters. The molecular formula is C14H19N3O6. The fourth-order valence-electron chi connectivity index (χ4n) is 1.84. The van der Waals surface area contributed by atoms with Crippen LogP contribution < -0.4 is 10.6 Å². The molecule has 0 aliphatic carbocycles. The van der Waals surface area contributed by atoms with E-state index in [0.717, 1.165) is 0 Å². The molecule has 0 saturated heterocycles. The molecule has 9 heteroatoms. The predicted molar refractivity (Wildman–Crippen MR) is 82.2 cm³/mol. The van der Waals surface area contributed by atoms with Crippen LogP contribution >= 0.6 is 0 Å². The average Bonchev–Trinajstić information content (AvgIpc) is 2.44. The van der Waals surface area contributed by atoms with Crippen LogP contribution in [-0.4, -0.2) is 45.7 Å². The van der Waals surface area contributed by atoms with Gasteiger partial charge >= 0.3 is 5.97 Å². The number of nitro benzene ring substituents is 1. The molecule has 0 heterocycles. The molecule has 0 bridgehead atoms. The Balaban J connectivity index is 2.79. The quantitative estimate of drug-likeness (QED) is 0.406. The van der Waals surface area contributed by atoms with Crippen molar-refractivity contribution in [2.24, 2.45) is 0 Å². The third kappa shape index (κ3) is 6.01. The lowest BCUT2D eigenvalue weighted by Gasteiger charge is -2.15. The SMILES string of the molecule is Cc1ccc(NC(=O)CC(NCC(C)O)C(=O)O)c([N+](=O)[O-])c1. The highest BCUT2D eigenvalue weighted by molar-refractivity contribution is 5.95. The van der Waals surface area contributed by atoms with Gasteiger partial charge in [-0.05, 0) is 25.5 Å². The maximum Gasteiger partial charge on any atom is 0.321 e. The first-order valence-corrected chi connectivity index (χ1v) is 6.90. The van der Waals surface area contributed by atoms with E-state index < -0.39 is 35.4 Å². The summed E-state index contributed by atoms with van der Waals surface area (Å²) in [7, 11) is 0. The van der Waals surface area contributed by atoms with Crippen LogP contribution in [0.5, 0.6) is 0 Å². The van der Waals surface area contributed by atoms with Crippen molar-refractivity contribution >= 4 is 23.3 Å². The predicted octanol–water partition coefficient (Wildman–Crippen LogP) is 0.655. The standard InChI is InChI=1S/C14H19N3O6/c1-8-3-4-10(12(5-8)17(22)23)16-13(19)6-11(14(20)21)15-7-9(2)18/h3-5,9,11,15,18H,6-7H2,1-2H3,(H,16,19)(H,20,21). The Labute approximate surface area is 132 Å². The van der Waals surface area contributed by atoms with E-state index in [1.807, 2.05) is 0 Å². The molecule has 1 amide bonds. The van der Waals surface area contributed by atoms with Gasteiger partial charge in [-0.15, -0.1) is 0 Å². The smallest absolute Gasteiger partial charge is 0.321 e. The van der Waals surface area contributed by atoms with E-state index in [0.29, 0.717) is 5.56 Å². The third-order valence-corrected chi connectivity index (χ3v) is 2.97. The normalized spacial score (nSPS) is 13.2. The number of aliphatic hydroxyl groups is 1. The number of carboxylic acids is 1. The van der Waals surface area contributed by atoms with Crippen LogP contribution in [0.4, 0.5) is 11.4 Å². The minimum absolute atomic E-state index is 0.00488. The second-order valence-corrected chi connectivity index (χ2v) is 5.18. The maximum atomic E-state index is 11.9. The number of nitrogens with one attached hydrogen (secondary N) is 2. The highest BCUT2D eigenvalue weighted by Gasteiger charge is 2.23. The zero-order valence-electron chi connectivity index (χ0n) is 12.8. The fraction of sp³-hybridized carbons (Fsp3) is 0.429. The Kier molecular flexibility index (Phi) is 6.61.